The van der Waals surface area contributed by atoms with Crippen molar-refractivity contribution in [2.75, 3.05) is 5.32 Å². The summed E-state index contributed by atoms with van der Waals surface area (Å²) in [7, 11) is 0. The first-order valence-corrected chi connectivity index (χ1v) is 9.43. The van der Waals surface area contributed by atoms with Gasteiger partial charge in [0.25, 0.3) is 5.91 Å². The summed E-state index contributed by atoms with van der Waals surface area (Å²) in [6.45, 7) is 1.90. The molecule has 0 aliphatic rings. The summed E-state index contributed by atoms with van der Waals surface area (Å²) in [5.41, 5.74) is 1.73. The van der Waals surface area contributed by atoms with Gasteiger partial charge < -0.3 is 25.9 Å². The monoisotopic (exact) mass is 458 g/mol. The smallest absolute Gasteiger partial charge is 0.252 e. The van der Waals surface area contributed by atoms with E-state index < -0.39 is 21.8 Å². The first-order chi connectivity index (χ1) is 13.1. The van der Waals surface area contributed by atoms with Gasteiger partial charge in [0.1, 0.15) is 6.17 Å². The van der Waals surface area contributed by atoms with Crippen molar-refractivity contribution in [3.05, 3.63) is 65.2 Å². The maximum Gasteiger partial charge on any atom is 0.252 e. The molecule has 2 aromatic carbocycles. The van der Waals surface area contributed by atoms with Crippen molar-refractivity contribution in [3.8, 4) is 0 Å². The molecule has 2 aromatic rings. The fraction of sp³-hybridized carbons (Fsp3) is 0.167. The van der Waals surface area contributed by atoms with Gasteiger partial charge in [-0.25, -0.2) is 0 Å². The summed E-state index contributed by atoms with van der Waals surface area (Å²) in [4.78, 5) is 23.3. The highest BCUT2D eigenvalue weighted by molar-refractivity contribution is 7.80. The zero-order valence-electron chi connectivity index (χ0n) is 14.5. The van der Waals surface area contributed by atoms with Crippen molar-refractivity contribution < 1.29 is 14.7 Å². The molecule has 2 rings (SSSR count). The van der Waals surface area contributed by atoms with Gasteiger partial charge >= 0.3 is 0 Å². The minimum Gasteiger partial charge on any atom is -0.545 e. The molecule has 0 aliphatic carbocycles. The fourth-order valence-electron chi connectivity index (χ4n) is 2.14. The molecule has 0 bridgehead atoms. The van der Waals surface area contributed by atoms with Crippen LogP contribution in [0.5, 0.6) is 0 Å². The Balaban J connectivity index is 2.08. The highest BCUT2D eigenvalue weighted by atomic mass is 35.6. The van der Waals surface area contributed by atoms with Crippen LogP contribution in [0.25, 0.3) is 0 Å². The molecule has 0 saturated carbocycles. The van der Waals surface area contributed by atoms with Gasteiger partial charge in [-0.05, 0) is 49.0 Å². The van der Waals surface area contributed by atoms with Crippen molar-refractivity contribution in [2.45, 2.75) is 16.9 Å². The van der Waals surface area contributed by atoms with Crippen LogP contribution in [0.15, 0.2) is 48.5 Å². The van der Waals surface area contributed by atoms with Crippen LogP contribution in [-0.4, -0.2) is 26.9 Å². The van der Waals surface area contributed by atoms with Crippen LogP contribution in [0.1, 0.15) is 26.3 Å². The predicted octanol–water partition coefficient (Wildman–Crippen LogP) is 2.77. The van der Waals surface area contributed by atoms with E-state index in [4.69, 9.17) is 47.0 Å². The van der Waals surface area contributed by atoms with E-state index in [1.54, 1.807) is 30.3 Å². The molecule has 0 fully saturated rings. The average molecular weight is 460 g/mol. The van der Waals surface area contributed by atoms with Gasteiger partial charge in [0, 0.05) is 11.3 Å². The van der Waals surface area contributed by atoms with E-state index in [9.17, 15) is 14.7 Å². The number of nitrogens with one attached hydrogen (secondary N) is 3. The molecule has 0 heterocycles. The second-order valence-electron chi connectivity index (χ2n) is 5.78. The molecule has 0 aromatic heterocycles. The number of aryl methyl sites for hydroxylation is 1. The van der Waals surface area contributed by atoms with E-state index in [0.717, 1.165) is 5.56 Å². The predicted molar refractivity (Wildman–Crippen MR) is 113 cm³/mol. The number of carboxylic acids is 1. The Morgan fingerprint density at radius 1 is 1.04 bits per heavy atom. The summed E-state index contributed by atoms with van der Waals surface area (Å²) in [6, 6.07) is 12.7. The lowest BCUT2D eigenvalue weighted by molar-refractivity contribution is -0.255. The van der Waals surface area contributed by atoms with E-state index in [-0.39, 0.29) is 10.7 Å². The number of anilines is 1. The molecular formula is C18H15Cl3N3O3S-. The van der Waals surface area contributed by atoms with Crippen molar-refractivity contribution in [1.82, 2.24) is 10.6 Å². The average Bonchev–Trinajstić information content (AvgIpc) is 2.61. The molecular weight excluding hydrogens is 445 g/mol. The lowest BCUT2D eigenvalue weighted by Crippen LogP contribution is -2.56. The van der Waals surface area contributed by atoms with Gasteiger partial charge in [-0.3, -0.25) is 4.79 Å². The highest BCUT2D eigenvalue weighted by Gasteiger charge is 2.34. The van der Waals surface area contributed by atoms with E-state index in [1.807, 2.05) is 6.92 Å². The minimum atomic E-state index is -1.92. The maximum absolute atomic E-state index is 12.4. The zero-order valence-corrected chi connectivity index (χ0v) is 17.5. The van der Waals surface area contributed by atoms with Crippen LogP contribution in [0.2, 0.25) is 0 Å². The maximum atomic E-state index is 12.4. The number of aromatic carboxylic acids is 1. The molecule has 148 valence electrons. The molecule has 3 N–H and O–H groups in total. The van der Waals surface area contributed by atoms with Crippen molar-refractivity contribution in [3.63, 3.8) is 0 Å². The van der Waals surface area contributed by atoms with Crippen LogP contribution in [0, 0.1) is 6.92 Å². The Morgan fingerprint density at radius 2 is 1.68 bits per heavy atom. The summed E-state index contributed by atoms with van der Waals surface area (Å²) in [5, 5.41) is 19.0. The third kappa shape index (κ3) is 6.53. The summed E-state index contributed by atoms with van der Waals surface area (Å²) in [6.07, 6.45) is -1.16. The van der Waals surface area contributed by atoms with Crippen molar-refractivity contribution in [1.29, 1.82) is 0 Å². The number of halogens is 3. The first kappa shape index (κ1) is 22.2. The van der Waals surface area contributed by atoms with Gasteiger partial charge in [-0.2, -0.15) is 0 Å². The van der Waals surface area contributed by atoms with Crippen LogP contribution >= 0.6 is 47.0 Å². The van der Waals surface area contributed by atoms with Crippen LogP contribution in [0.3, 0.4) is 0 Å². The number of benzene rings is 2. The third-order valence-electron chi connectivity index (χ3n) is 3.55. The number of carboxylic acid groups (broad SMARTS) is 1. The third-order valence-corrected chi connectivity index (χ3v) is 4.42. The number of hydrogen-bond acceptors (Lipinski definition) is 4. The summed E-state index contributed by atoms with van der Waals surface area (Å²) < 4.78 is -1.92. The standard InChI is InChI=1S/C18H16Cl3N3O3S/c1-10-5-7-11(8-6-10)14(25)23-16(18(19,20)21)24-17(28)22-13-4-2-3-12(9-13)15(26)27/h2-9,16H,1H3,(H,23,25)(H,26,27)(H2,22,24,28)/p-1. The van der Waals surface area contributed by atoms with Crippen molar-refractivity contribution >= 4 is 69.7 Å². The van der Waals surface area contributed by atoms with E-state index in [1.165, 1.54) is 18.2 Å². The van der Waals surface area contributed by atoms with Gasteiger partial charge in [-0.1, -0.05) is 64.6 Å². The molecule has 0 radical (unpaired) electrons. The lowest BCUT2D eigenvalue weighted by Gasteiger charge is -2.28. The Bertz CT molecular complexity index is 886. The molecule has 0 aliphatic heterocycles. The Morgan fingerprint density at radius 3 is 2.25 bits per heavy atom. The molecule has 1 atom stereocenters. The molecule has 0 saturated heterocycles. The van der Waals surface area contributed by atoms with Crippen LogP contribution in [0.4, 0.5) is 5.69 Å². The molecule has 6 nitrogen and oxygen atoms in total. The second-order valence-corrected chi connectivity index (χ2v) is 8.56. The minimum absolute atomic E-state index is 0.0102. The van der Waals surface area contributed by atoms with Gasteiger partial charge in [-0.15, -0.1) is 0 Å². The SMILES string of the molecule is Cc1ccc(C(=O)NC(NC(=S)Nc2cccc(C(=O)[O-])c2)C(Cl)(Cl)Cl)cc1. The normalized spacial score (nSPS) is 12.0. The lowest BCUT2D eigenvalue weighted by atomic mass is 10.1. The Labute approximate surface area is 182 Å². The van der Waals surface area contributed by atoms with Crippen LogP contribution in [-0.2, 0) is 0 Å². The quantitative estimate of drug-likeness (QED) is 0.362. The van der Waals surface area contributed by atoms with Gasteiger partial charge in [0.2, 0.25) is 3.79 Å². The van der Waals surface area contributed by atoms with E-state index in [0.29, 0.717) is 11.3 Å². The number of alkyl halides is 3. The van der Waals surface area contributed by atoms with E-state index >= 15 is 0 Å². The fourth-order valence-corrected chi connectivity index (χ4v) is 2.70. The van der Waals surface area contributed by atoms with Gasteiger partial charge in [0.05, 0.1) is 5.97 Å². The van der Waals surface area contributed by atoms with E-state index in [2.05, 4.69) is 16.0 Å². The molecule has 1 amide bonds. The topological polar surface area (TPSA) is 93.3 Å². The number of thiocarbonyl (C=S) groups is 1. The zero-order chi connectivity index (χ0) is 20.9. The first-order valence-electron chi connectivity index (χ1n) is 7.89. The summed E-state index contributed by atoms with van der Waals surface area (Å²) in [5.74, 6) is -1.79. The highest BCUT2D eigenvalue weighted by Crippen LogP contribution is 2.29. The number of carbonyl (C=O) groups excluding carboxylic acids is 2. The number of carbonyl (C=O) groups is 2. The number of amides is 1. The molecule has 1 unspecified atom stereocenters. The molecule has 28 heavy (non-hydrogen) atoms. The number of rotatable bonds is 5. The van der Waals surface area contributed by atoms with Crippen molar-refractivity contribution in [2.24, 2.45) is 0 Å². The largest absolute Gasteiger partial charge is 0.545 e. The van der Waals surface area contributed by atoms with Crippen LogP contribution < -0.4 is 21.1 Å². The van der Waals surface area contributed by atoms with Gasteiger partial charge in [0.15, 0.2) is 5.11 Å². The molecule has 0 spiro atoms. The Kier molecular flexibility index (Phi) is 7.48. The summed E-state index contributed by atoms with van der Waals surface area (Å²) >= 11 is 23.0. The number of hydrogen-bond donors (Lipinski definition) is 3. The Hall–Kier alpha value is -2.06. The molecule has 10 heteroatoms. The second kappa shape index (κ2) is 9.43.